The number of ether oxygens (including phenoxy) is 1. The molecule has 0 saturated carbocycles. The zero-order valence-electron chi connectivity index (χ0n) is 7.63. The summed E-state index contributed by atoms with van der Waals surface area (Å²) in [6, 6.07) is 7.25. The molecule has 0 aliphatic rings. The van der Waals surface area contributed by atoms with Crippen LogP contribution in [-0.4, -0.2) is 11.5 Å². The molecule has 0 fully saturated rings. The van der Waals surface area contributed by atoms with E-state index < -0.39 is 0 Å². The lowest BCUT2D eigenvalue weighted by atomic mass is 10.3. The normalized spacial score (nSPS) is 15.1. The molecule has 0 heterocycles. The third-order valence-corrected chi connectivity index (χ3v) is 2.39. The quantitative estimate of drug-likeness (QED) is 0.703. The molecule has 1 nitrogen and oxygen atoms in total. The molecule has 0 aromatic heterocycles. The van der Waals surface area contributed by atoms with E-state index in [4.69, 9.17) is 27.9 Å². The summed E-state index contributed by atoms with van der Waals surface area (Å²) < 4.78 is 5.54. The maximum Gasteiger partial charge on any atom is 0.119 e. The number of halogens is 2. The smallest absolute Gasteiger partial charge is 0.119 e. The number of alkyl halides is 1. The van der Waals surface area contributed by atoms with Gasteiger partial charge in [0.25, 0.3) is 0 Å². The molecule has 0 aliphatic carbocycles. The van der Waals surface area contributed by atoms with Crippen molar-refractivity contribution >= 4 is 23.2 Å². The highest BCUT2D eigenvalue weighted by molar-refractivity contribution is 6.30. The Labute approximate surface area is 88.6 Å². The van der Waals surface area contributed by atoms with E-state index in [-0.39, 0.29) is 11.5 Å². The van der Waals surface area contributed by atoms with Crippen LogP contribution in [0.2, 0.25) is 5.02 Å². The van der Waals surface area contributed by atoms with Crippen molar-refractivity contribution in [3.63, 3.8) is 0 Å². The molecule has 2 unspecified atom stereocenters. The number of rotatable bonds is 3. The summed E-state index contributed by atoms with van der Waals surface area (Å²) in [5.41, 5.74) is 0. The Morgan fingerprint density at radius 1 is 1.15 bits per heavy atom. The van der Waals surface area contributed by atoms with Crippen molar-refractivity contribution in [2.45, 2.75) is 25.3 Å². The Bertz CT molecular complexity index is 256. The highest BCUT2D eigenvalue weighted by atomic mass is 35.5. The first-order chi connectivity index (χ1) is 6.09. The van der Waals surface area contributed by atoms with E-state index in [2.05, 4.69) is 0 Å². The van der Waals surface area contributed by atoms with Crippen LogP contribution in [0, 0.1) is 0 Å². The van der Waals surface area contributed by atoms with Crippen LogP contribution in [0.4, 0.5) is 0 Å². The number of hydrogen-bond donors (Lipinski definition) is 0. The van der Waals surface area contributed by atoms with Crippen LogP contribution in [0.15, 0.2) is 24.3 Å². The molecule has 1 aromatic carbocycles. The van der Waals surface area contributed by atoms with Crippen LogP contribution in [0.1, 0.15) is 13.8 Å². The summed E-state index contributed by atoms with van der Waals surface area (Å²) in [7, 11) is 0. The van der Waals surface area contributed by atoms with Crippen molar-refractivity contribution in [2.75, 3.05) is 0 Å². The van der Waals surface area contributed by atoms with Crippen molar-refractivity contribution < 1.29 is 4.74 Å². The van der Waals surface area contributed by atoms with Gasteiger partial charge < -0.3 is 4.74 Å². The molecule has 2 atom stereocenters. The van der Waals surface area contributed by atoms with Gasteiger partial charge in [-0.25, -0.2) is 0 Å². The minimum absolute atomic E-state index is 0.00263. The summed E-state index contributed by atoms with van der Waals surface area (Å²) in [6.07, 6.45) is 0.00263. The van der Waals surface area contributed by atoms with E-state index in [0.29, 0.717) is 5.02 Å². The van der Waals surface area contributed by atoms with Gasteiger partial charge >= 0.3 is 0 Å². The summed E-state index contributed by atoms with van der Waals surface area (Å²) >= 11 is 11.6. The van der Waals surface area contributed by atoms with Crippen LogP contribution in [0.5, 0.6) is 5.75 Å². The Morgan fingerprint density at radius 3 is 2.15 bits per heavy atom. The highest BCUT2D eigenvalue weighted by Crippen LogP contribution is 2.18. The second kappa shape index (κ2) is 4.73. The average Bonchev–Trinajstić information content (AvgIpc) is 2.08. The van der Waals surface area contributed by atoms with Gasteiger partial charge in [-0.2, -0.15) is 0 Å². The fourth-order valence-electron chi connectivity index (χ4n) is 0.822. The van der Waals surface area contributed by atoms with Gasteiger partial charge in [0.05, 0.1) is 5.38 Å². The Kier molecular flexibility index (Phi) is 3.89. The van der Waals surface area contributed by atoms with Gasteiger partial charge in [0, 0.05) is 5.02 Å². The van der Waals surface area contributed by atoms with E-state index in [1.165, 1.54) is 0 Å². The minimum Gasteiger partial charge on any atom is -0.489 e. The molecule has 1 rings (SSSR count). The van der Waals surface area contributed by atoms with Crippen molar-refractivity contribution in [3.8, 4) is 5.75 Å². The molecule has 72 valence electrons. The maximum atomic E-state index is 5.86. The molecular weight excluding hydrogens is 207 g/mol. The monoisotopic (exact) mass is 218 g/mol. The van der Waals surface area contributed by atoms with E-state index >= 15 is 0 Å². The van der Waals surface area contributed by atoms with Gasteiger partial charge in [0.1, 0.15) is 11.9 Å². The third kappa shape index (κ3) is 3.45. The van der Waals surface area contributed by atoms with Gasteiger partial charge in [-0.15, -0.1) is 11.6 Å². The van der Waals surface area contributed by atoms with E-state index in [1.54, 1.807) is 12.1 Å². The molecule has 0 spiro atoms. The first-order valence-electron chi connectivity index (χ1n) is 4.16. The Morgan fingerprint density at radius 2 is 1.69 bits per heavy atom. The van der Waals surface area contributed by atoms with Crippen LogP contribution in [-0.2, 0) is 0 Å². The third-order valence-electron chi connectivity index (χ3n) is 1.78. The van der Waals surface area contributed by atoms with Crippen molar-refractivity contribution in [1.29, 1.82) is 0 Å². The van der Waals surface area contributed by atoms with Crippen LogP contribution >= 0.6 is 23.2 Å². The van der Waals surface area contributed by atoms with E-state index in [0.717, 1.165) is 5.75 Å². The SMILES string of the molecule is CC(Cl)C(C)Oc1ccc(Cl)cc1. The lowest BCUT2D eigenvalue weighted by molar-refractivity contribution is 0.221. The van der Waals surface area contributed by atoms with Gasteiger partial charge in [-0.3, -0.25) is 0 Å². The second-order valence-corrected chi connectivity index (χ2v) is 4.08. The first kappa shape index (κ1) is 10.7. The molecule has 0 saturated heterocycles. The lowest BCUT2D eigenvalue weighted by Crippen LogP contribution is -2.21. The van der Waals surface area contributed by atoms with Crippen molar-refractivity contribution in [2.24, 2.45) is 0 Å². The molecule has 0 aliphatic heterocycles. The highest BCUT2D eigenvalue weighted by Gasteiger charge is 2.09. The largest absolute Gasteiger partial charge is 0.489 e. The average molecular weight is 219 g/mol. The predicted molar refractivity (Wildman–Crippen MR) is 56.9 cm³/mol. The van der Waals surface area contributed by atoms with Gasteiger partial charge in [0.15, 0.2) is 0 Å². The van der Waals surface area contributed by atoms with Crippen LogP contribution in [0.3, 0.4) is 0 Å². The van der Waals surface area contributed by atoms with Crippen LogP contribution < -0.4 is 4.74 Å². The summed E-state index contributed by atoms with van der Waals surface area (Å²) in [5, 5.41) is 0.703. The number of benzene rings is 1. The zero-order valence-corrected chi connectivity index (χ0v) is 9.14. The summed E-state index contributed by atoms with van der Waals surface area (Å²) in [6.45, 7) is 3.84. The topological polar surface area (TPSA) is 9.23 Å². The number of hydrogen-bond acceptors (Lipinski definition) is 1. The zero-order chi connectivity index (χ0) is 9.84. The maximum absolute atomic E-state index is 5.86. The molecular formula is C10H12Cl2O. The van der Waals surface area contributed by atoms with E-state index in [1.807, 2.05) is 26.0 Å². The van der Waals surface area contributed by atoms with Crippen LogP contribution in [0.25, 0.3) is 0 Å². The summed E-state index contributed by atoms with van der Waals surface area (Å²) in [5.74, 6) is 0.796. The van der Waals surface area contributed by atoms with Gasteiger partial charge in [-0.05, 0) is 38.1 Å². The minimum atomic E-state index is -0.00400. The predicted octanol–water partition coefficient (Wildman–Crippen LogP) is 3.73. The Hall–Kier alpha value is -0.400. The van der Waals surface area contributed by atoms with Crippen molar-refractivity contribution in [3.05, 3.63) is 29.3 Å². The molecule has 0 N–H and O–H groups in total. The second-order valence-electron chi connectivity index (χ2n) is 2.95. The molecule has 3 heteroatoms. The fraction of sp³-hybridized carbons (Fsp3) is 0.400. The standard InChI is InChI=1S/C10H12Cl2O/c1-7(11)8(2)13-10-5-3-9(12)4-6-10/h3-8H,1-2H3. The molecule has 0 bridgehead atoms. The van der Waals surface area contributed by atoms with E-state index in [9.17, 15) is 0 Å². The van der Waals surface area contributed by atoms with Gasteiger partial charge in [-0.1, -0.05) is 11.6 Å². The Balaban J connectivity index is 2.59. The fourth-order valence-corrected chi connectivity index (χ4v) is 0.999. The molecule has 0 amide bonds. The van der Waals surface area contributed by atoms with Gasteiger partial charge in [0.2, 0.25) is 0 Å². The van der Waals surface area contributed by atoms with Crippen molar-refractivity contribution in [1.82, 2.24) is 0 Å². The summed E-state index contributed by atoms with van der Waals surface area (Å²) in [4.78, 5) is 0. The first-order valence-corrected chi connectivity index (χ1v) is 4.97. The molecule has 13 heavy (non-hydrogen) atoms. The lowest BCUT2D eigenvalue weighted by Gasteiger charge is -2.16. The molecule has 1 aromatic rings. The molecule has 0 radical (unpaired) electrons.